The van der Waals surface area contributed by atoms with Crippen molar-refractivity contribution in [3.8, 4) is 0 Å². The molecule has 1 aromatic heterocycles. The summed E-state index contributed by atoms with van der Waals surface area (Å²) in [6, 6.07) is 2.43. The molecule has 1 N–H and O–H groups in total. The number of rotatable bonds is 3. The molecular formula is C16H23Cl2NS. The zero-order valence-corrected chi connectivity index (χ0v) is 14.3. The molecule has 0 aromatic carbocycles. The first-order valence-corrected chi connectivity index (χ1v) is 9.38. The Morgan fingerprint density at radius 2 is 1.90 bits per heavy atom. The first-order chi connectivity index (χ1) is 9.69. The normalized spacial score (nSPS) is 31.9. The van der Waals surface area contributed by atoms with Crippen LogP contribution in [-0.2, 0) is 0 Å². The summed E-state index contributed by atoms with van der Waals surface area (Å²) < 4.78 is 1.66. The highest BCUT2D eigenvalue weighted by Crippen LogP contribution is 2.48. The molecule has 0 amide bonds. The molecule has 2 fully saturated rings. The summed E-state index contributed by atoms with van der Waals surface area (Å²) in [5, 5.41) is 3.50. The summed E-state index contributed by atoms with van der Waals surface area (Å²) in [4.78, 5) is 0. The minimum atomic E-state index is 0.370. The van der Waals surface area contributed by atoms with E-state index in [-0.39, 0.29) is 0 Å². The van der Waals surface area contributed by atoms with Crippen molar-refractivity contribution in [2.24, 2.45) is 17.8 Å². The van der Waals surface area contributed by atoms with Gasteiger partial charge in [0.2, 0.25) is 0 Å². The Morgan fingerprint density at radius 3 is 2.55 bits per heavy atom. The quantitative estimate of drug-likeness (QED) is 0.724. The van der Waals surface area contributed by atoms with Crippen LogP contribution in [0, 0.1) is 17.8 Å². The first kappa shape index (κ1) is 15.1. The fourth-order valence-corrected chi connectivity index (χ4v) is 5.97. The van der Waals surface area contributed by atoms with Gasteiger partial charge in [0.1, 0.15) is 0 Å². The second-order valence-corrected chi connectivity index (χ2v) is 8.71. The van der Waals surface area contributed by atoms with Gasteiger partial charge in [0.25, 0.3) is 0 Å². The van der Waals surface area contributed by atoms with E-state index in [1.165, 1.54) is 61.8 Å². The Balaban J connectivity index is 1.75. The van der Waals surface area contributed by atoms with E-state index in [4.69, 9.17) is 23.2 Å². The van der Waals surface area contributed by atoms with Gasteiger partial charge in [-0.2, -0.15) is 0 Å². The molecule has 0 radical (unpaired) electrons. The van der Waals surface area contributed by atoms with Crippen molar-refractivity contribution in [3.05, 3.63) is 20.3 Å². The molecule has 0 bridgehead atoms. The van der Waals surface area contributed by atoms with E-state index < -0.39 is 0 Å². The summed E-state index contributed by atoms with van der Waals surface area (Å²) in [5.74, 6) is 2.66. The van der Waals surface area contributed by atoms with E-state index in [0.717, 1.165) is 20.5 Å². The Hall–Kier alpha value is 0.240. The highest BCUT2D eigenvalue weighted by atomic mass is 35.5. The Kier molecular flexibility index (Phi) is 4.97. The van der Waals surface area contributed by atoms with Crippen LogP contribution in [0.25, 0.3) is 0 Å². The maximum atomic E-state index is 6.37. The Morgan fingerprint density at radius 1 is 1.15 bits per heavy atom. The molecule has 1 aromatic rings. The molecule has 20 heavy (non-hydrogen) atoms. The van der Waals surface area contributed by atoms with Gasteiger partial charge in [-0.3, -0.25) is 0 Å². The average Bonchev–Trinajstić information content (AvgIpc) is 2.78. The summed E-state index contributed by atoms with van der Waals surface area (Å²) >= 11 is 14.0. The molecule has 4 heteroatoms. The minimum Gasteiger partial charge on any atom is -0.313 e. The van der Waals surface area contributed by atoms with Crippen molar-refractivity contribution in [2.75, 3.05) is 7.05 Å². The van der Waals surface area contributed by atoms with Crippen molar-refractivity contribution in [3.63, 3.8) is 0 Å². The third kappa shape index (κ3) is 3.04. The summed E-state index contributed by atoms with van der Waals surface area (Å²) in [6.45, 7) is 0. The van der Waals surface area contributed by atoms with Crippen LogP contribution in [-0.4, -0.2) is 7.05 Å². The van der Waals surface area contributed by atoms with Crippen LogP contribution in [0.15, 0.2) is 6.07 Å². The van der Waals surface area contributed by atoms with E-state index in [1.54, 1.807) is 0 Å². The number of halogens is 2. The lowest BCUT2D eigenvalue weighted by Crippen LogP contribution is -2.34. The fraction of sp³-hybridized carbons (Fsp3) is 0.750. The highest BCUT2D eigenvalue weighted by Gasteiger charge is 2.36. The third-order valence-corrected chi connectivity index (χ3v) is 6.90. The highest BCUT2D eigenvalue weighted by molar-refractivity contribution is 7.20. The minimum absolute atomic E-state index is 0.370. The molecule has 1 nitrogen and oxygen atoms in total. The van der Waals surface area contributed by atoms with Crippen molar-refractivity contribution < 1.29 is 0 Å². The van der Waals surface area contributed by atoms with Crippen LogP contribution in [0.4, 0.5) is 0 Å². The molecule has 112 valence electrons. The smallest absolute Gasteiger partial charge is 0.0992 e. The van der Waals surface area contributed by atoms with Gasteiger partial charge in [-0.05, 0) is 50.1 Å². The van der Waals surface area contributed by atoms with Crippen molar-refractivity contribution >= 4 is 34.5 Å². The monoisotopic (exact) mass is 331 g/mol. The number of hydrogen-bond donors (Lipinski definition) is 1. The van der Waals surface area contributed by atoms with Gasteiger partial charge in [-0.1, -0.05) is 48.9 Å². The molecule has 0 spiro atoms. The van der Waals surface area contributed by atoms with Crippen molar-refractivity contribution in [2.45, 2.75) is 51.0 Å². The summed E-state index contributed by atoms with van der Waals surface area (Å²) in [7, 11) is 2.06. The fourth-order valence-electron chi connectivity index (χ4n) is 4.42. The zero-order valence-electron chi connectivity index (χ0n) is 12.0. The van der Waals surface area contributed by atoms with E-state index in [0.29, 0.717) is 12.0 Å². The molecular weight excluding hydrogens is 309 g/mol. The van der Waals surface area contributed by atoms with Gasteiger partial charge in [0.15, 0.2) is 0 Å². The van der Waals surface area contributed by atoms with Gasteiger partial charge in [-0.15, -0.1) is 11.3 Å². The third-order valence-electron chi connectivity index (χ3n) is 5.38. The Labute approximate surface area is 136 Å². The molecule has 1 heterocycles. The van der Waals surface area contributed by atoms with Gasteiger partial charge in [-0.25, -0.2) is 0 Å². The number of hydrogen-bond acceptors (Lipinski definition) is 2. The molecule has 2 aliphatic rings. The predicted molar refractivity (Wildman–Crippen MR) is 88.9 cm³/mol. The second kappa shape index (κ2) is 6.56. The average molecular weight is 332 g/mol. The zero-order chi connectivity index (χ0) is 14.1. The SMILES string of the molecule is CNC(c1cc(Cl)sc1Cl)C1CCC2CCCCC2C1. The first-order valence-electron chi connectivity index (χ1n) is 7.81. The van der Waals surface area contributed by atoms with Crippen LogP contribution < -0.4 is 5.32 Å². The van der Waals surface area contributed by atoms with E-state index in [9.17, 15) is 0 Å². The lowest BCUT2D eigenvalue weighted by Gasteiger charge is -2.42. The van der Waals surface area contributed by atoms with Gasteiger partial charge >= 0.3 is 0 Å². The van der Waals surface area contributed by atoms with E-state index in [2.05, 4.69) is 18.4 Å². The van der Waals surface area contributed by atoms with E-state index in [1.807, 2.05) is 0 Å². The van der Waals surface area contributed by atoms with Crippen LogP contribution in [0.1, 0.15) is 56.6 Å². The summed E-state index contributed by atoms with van der Waals surface area (Å²) in [6.07, 6.45) is 9.89. The van der Waals surface area contributed by atoms with Gasteiger partial charge < -0.3 is 5.32 Å². The van der Waals surface area contributed by atoms with Crippen LogP contribution in [0.5, 0.6) is 0 Å². The number of fused-ring (bicyclic) bond motifs is 1. The second-order valence-electron chi connectivity index (χ2n) is 6.42. The molecule has 2 aliphatic carbocycles. The molecule has 4 unspecified atom stereocenters. The summed E-state index contributed by atoms with van der Waals surface area (Å²) in [5.41, 5.74) is 1.21. The number of nitrogens with one attached hydrogen (secondary N) is 1. The van der Waals surface area contributed by atoms with Gasteiger partial charge in [0, 0.05) is 11.6 Å². The molecule has 4 atom stereocenters. The lowest BCUT2D eigenvalue weighted by atomic mass is 9.65. The van der Waals surface area contributed by atoms with Crippen molar-refractivity contribution in [1.29, 1.82) is 0 Å². The van der Waals surface area contributed by atoms with Gasteiger partial charge in [0.05, 0.1) is 8.67 Å². The standard InChI is InChI=1S/C16H23Cl2NS/c1-19-15(13-9-14(17)20-16(13)18)12-7-6-10-4-2-3-5-11(10)8-12/h9-12,15,19H,2-8H2,1H3. The lowest BCUT2D eigenvalue weighted by molar-refractivity contribution is 0.111. The molecule has 0 saturated heterocycles. The molecule has 2 saturated carbocycles. The predicted octanol–water partition coefficient (Wildman–Crippen LogP) is 5.92. The van der Waals surface area contributed by atoms with Crippen LogP contribution in [0.3, 0.4) is 0 Å². The maximum absolute atomic E-state index is 6.37. The van der Waals surface area contributed by atoms with Crippen molar-refractivity contribution in [1.82, 2.24) is 5.32 Å². The topological polar surface area (TPSA) is 12.0 Å². The maximum Gasteiger partial charge on any atom is 0.0992 e. The molecule has 3 rings (SSSR count). The largest absolute Gasteiger partial charge is 0.313 e. The van der Waals surface area contributed by atoms with Crippen LogP contribution in [0.2, 0.25) is 8.67 Å². The Bertz CT molecular complexity index is 459. The number of thiophene rings is 1. The molecule has 0 aliphatic heterocycles. The van der Waals surface area contributed by atoms with Crippen LogP contribution >= 0.6 is 34.5 Å². The van der Waals surface area contributed by atoms with E-state index >= 15 is 0 Å².